The Morgan fingerprint density at radius 1 is 0.629 bits per heavy atom. The molecule has 206 valence electrons. The van der Waals surface area contributed by atoms with E-state index in [1.165, 1.54) is 0 Å². The highest BCUT2D eigenvalue weighted by Gasteiger charge is 2.14. The summed E-state index contributed by atoms with van der Waals surface area (Å²) in [7, 11) is 0. The molecule has 0 saturated carbocycles. The molecule has 0 spiro atoms. The molecular weight excluding hydrogens is 500 g/mol. The summed E-state index contributed by atoms with van der Waals surface area (Å²) in [6.07, 6.45) is 1.72. The zero-order valence-corrected chi connectivity index (χ0v) is 19.7. The van der Waals surface area contributed by atoms with Gasteiger partial charge in [-0.15, -0.1) is 0 Å². The van der Waals surface area contributed by atoms with Crippen LogP contribution in [0.1, 0.15) is 25.7 Å². The average Bonchev–Trinajstić information content (AvgIpc) is 2.75. The highest BCUT2D eigenvalue weighted by Crippen LogP contribution is 1.97. The summed E-state index contributed by atoms with van der Waals surface area (Å²) in [5.41, 5.74) is 19.8. The normalized spacial score (nSPS) is 12.9. The molecule has 17 nitrogen and oxygen atoms in total. The van der Waals surface area contributed by atoms with E-state index in [0.29, 0.717) is 6.42 Å². The summed E-state index contributed by atoms with van der Waals surface area (Å²) >= 11 is 1.60. The van der Waals surface area contributed by atoms with Gasteiger partial charge in [-0.3, -0.25) is 28.8 Å². The maximum absolute atomic E-state index is 10.1. The van der Waals surface area contributed by atoms with Crippen molar-refractivity contribution < 1.29 is 64.5 Å². The van der Waals surface area contributed by atoms with Gasteiger partial charge in [0.25, 0.3) is 0 Å². The number of carboxylic acids is 6. The van der Waals surface area contributed by atoms with E-state index in [2.05, 4.69) is 0 Å². The first-order valence-corrected chi connectivity index (χ1v) is 10.8. The Hall–Kier alpha value is -3.03. The highest BCUT2D eigenvalue weighted by atomic mass is 32.2. The summed E-state index contributed by atoms with van der Waals surface area (Å²) in [5, 5.41) is 56.5. The summed E-state index contributed by atoms with van der Waals surface area (Å²) in [6, 6.07) is -4.16. The third-order valence-electron chi connectivity index (χ3n) is 3.16. The van der Waals surface area contributed by atoms with E-state index in [9.17, 15) is 28.8 Å². The van der Waals surface area contributed by atoms with Crippen LogP contribution in [0.15, 0.2) is 0 Å². The van der Waals surface area contributed by atoms with Crippen LogP contribution >= 0.6 is 11.8 Å². The Morgan fingerprint density at radius 3 is 1.20 bits per heavy atom. The van der Waals surface area contributed by atoms with Crippen LogP contribution in [0.5, 0.6) is 0 Å². The molecule has 0 aromatic heterocycles. The third kappa shape index (κ3) is 33.2. The van der Waals surface area contributed by atoms with Gasteiger partial charge in [-0.1, -0.05) is 0 Å². The molecule has 0 saturated heterocycles. The first-order chi connectivity index (χ1) is 15.9. The van der Waals surface area contributed by atoms with Crippen LogP contribution in [0.3, 0.4) is 0 Å². The lowest BCUT2D eigenvalue weighted by atomic mass is 10.2. The summed E-state index contributed by atoms with van der Waals surface area (Å²) in [4.78, 5) is 59.2. The number of hydrogen-bond acceptors (Lipinski definition) is 12. The van der Waals surface area contributed by atoms with Crippen molar-refractivity contribution in [1.82, 2.24) is 0 Å². The predicted octanol–water partition coefficient (Wildman–Crippen LogP) is -3.32. The van der Waals surface area contributed by atoms with Crippen LogP contribution in [0.25, 0.3) is 0 Å². The number of nitrogens with two attached hydrogens (primary N) is 4. The van der Waals surface area contributed by atoms with Gasteiger partial charge < -0.3 is 58.7 Å². The second-order valence-corrected chi connectivity index (χ2v) is 7.26. The van der Waals surface area contributed by atoms with Gasteiger partial charge >= 0.3 is 35.8 Å². The lowest BCUT2D eigenvalue weighted by Crippen LogP contribution is -2.33. The van der Waals surface area contributed by atoms with Gasteiger partial charge in [0.15, 0.2) is 0 Å². The van der Waals surface area contributed by atoms with Crippen LogP contribution in [-0.4, -0.2) is 114 Å². The van der Waals surface area contributed by atoms with Gasteiger partial charge in [-0.05, 0) is 24.9 Å². The molecule has 0 radical (unpaired) electrons. The second kappa shape index (κ2) is 24.1. The minimum Gasteiger partial charge on any atom is -0.481 e. The Labute approximate surface area is 204 Å². The Bertz CT molecular complexity index is 666. The van der Waals surface area contributed by atoms with Crippen molar-refractivity contribution in [3.05, 3.63) is 0 Å². The molecule has 0 amide bonds. The van der Waals surface area contributed by atoms with Crippen molar-refractivity contribution >= 4 is 47.6 Å². The van der Waals surface area contributed by atoms with Gasteiger partial charge in [-0.2, -0.15) is 11.8 Å². The van der Waals surface area contributed by atoms with Crippen molar-refractivity contribution in [2.24, 2.45) is 22.9 Å². The molecule has 0 fully saturated rings. The number of carbonyl (C=O) groups is 6. The number of hydrogen-bond donors (Lipinski definition) is 11. The molecule has 0 aromatic carbocycles. The molecule has 4 atom stereocenters. The molecule has 0 aromatic rings. The molecule has 0 heterocycles. The van der Waals surface area contributed by atoms with E-state index in [4.69, 9.17) is 58.7 Å². The lowest BCUT2D eigenvalue weighted by Gasteiger charge is -2.02. The Balaban J connectivity index is -0.000000184. The second-order valence-electron chi connectivity index (χ2n) is 6.27. The smallest absolute Gasteiger partial charge is 0.322 e. The van der Waals surface area contributed by atoms with Crippen molar-refractivity contribution in [2.75, 3.05) is 18.6 Å². The molecule has 0 rings (SSSR count). The number of aliphatic hydroxyl groups excluding tert-OH is 1. The number of carboxylic acid groups (broad SMARTS) is 6. The number of rotatable bonds is 13. The summed E-state index contributed by atoms with van der Waals surface area (Å²) in [6.45, 7) is -0.505. The topological polar surface area (TPSA) is 348 Å². The van der Waals surface area contributed by atoms with Crippen LogP contribution in [0.2, 0.25) is 0 Å². The highest BCUT2D eigenvalue weighted by molar-refractivity contribution is 7.98. The van der Waals surface area contributed by atoms with Crippen LogP contribution < -0.4 is 22.9 Å². The summed E-state index contributed by atoms with van der Waals surface area (Å²) < 4.78 is 0. The van der Waals surface area contributed by atoms with Gasteiger partial charge in [0.1, 0.15) is 24.2 Å². The fraction of sp³-hybridized carbons (Fsp3) is 0.647. The number of aliphatic hydroxyl groups is 1. The number of thioether (sulfide) groups is 1. The molecule has 18 heteroatoms. The van der Waals surface area contributed by atoms with Crippen molar-refractivity contribution in [1.29, 1.82) is 0 Å². The predicted molar refractivity (Wildman–Crippen MR) is 122 cm³/mol. The zero-order chi connectivity index (χ0) is 28.7. The standard InChI is InChI=1S/C5H9NO4.C5H11NO2S.C4H7NO4.C3H7NO3/c6-3(5(9)10)1-2-4(7)8;1-9-3-2-4(6)5(7)8;5-2(4(8)9)1-3(6)7;4-2(1-5)3(6)7/h3H,1-2,6H2,(H,7,8)(H,9,10);4H,2-3,6H2,1H3,(H,7,8);2H,1,5H2,(H,6,7)(H,8,9);2,5H,1,4H2,(H,6,7)/t3-;4-;2*2-/m0000/s1. The van der Waals surface area contributed by atoms with E-state index in [0.717, 1.165) is 5.75 Å². The van der Waals surface area contributed by atoms with Crippen molar-refractivity contribution in [3.8, 4) is 0 Å². The molecular formula is C17H34N4O13S. The monoisotopic (exact) mass is 534 g/mol. The molecule has 0 bridgehead atoms. The van der Waals surface area contributed by atoms with E-state index >= 15 is 0 Å². The van der Waals surface area contributed by atoms with Crippen LogP contribution in [0, 0.1) is 0 Å². The Morgan fingerprint density at radius 2 is 1.00 bits per heavy atom. The third-order valence-corrected chi connectivity index (χ3v) is 3.81. The summed E-state index contributed by atoms with van der Waals surface area (Å²) in [5.74, 6) is -5.97. The fourth-order valence-electron chi connectivity index (χ4n) is 1.12. The van der Waals surface area contributed by atoms with Gasteiger partial charge in [0.05, 0.1) is 13.0 Å². The van der Waals surface area contributed by atoms with Gasteiger partial charge in [0.2, 0.25) is 0 Å². The van der Waals surface area contributed by atoms with E-state index in [1.807, 2.05) is 6.26 Å². The maximum atomic E-state index is 10.1. The van der Waals surface area contributed by atoms with Crippen LogP contribution in [0.4, 0.5) is 0 Å². The minimum atomic E-state index is -1.29. The van der Waals surface area contributed by atoms with Gasteiger partial charge in [-0.25, -0.2) is 0 Å². The largest absolute Gasteiger partial charge is 0.481 e. The quantitative estimate of drug-likeness (QED) is 0.110. The first-order valence-electron chi connectivity index (χ1n) is 9.41. The molecule has 0 unspecified atom stereocenters. The molecule has 35 heavy (non-hydrogen) atoms. The Kier molecular flexibility index (Phi) is 27.0. The van der Waals surface area contributed by atoms with E-state index < -0.39 is 73.0 Å². The van der Waals surface area contributed by atoms with E-state index in [1.54, 1.807) is 11.8 Å². The molecule has 0 aliphatic carbocycles. The van der Waals surface area contributed by atoms with Crippen molar-refractivity contribution in [2.45, 2.75) is 49.9 Å². The number of aliphatic carboxylic acids is 6. The van der Waals surface area contributed by atoms with Crippen LogP contribution in [-0.2, 0) is 28.8 Å². The zero-order valence-electron chi connectivity index (χ0n) is 18.8. The maximum Gasteiger partial charge on any atom is 0.322 e. The van der Waals surface area contributed by atoms with E-state index in [-0.39, 0.29) is 12.8 Å². The average molecular weight is 535 g/mol. The molecule has 15 N–H and O–H groups in total. The fourth-order valence-corrected chi connectivity index (χ4v) is 1.61. The lowest BCUT2D eigenvalue weighted by molar-refractivity contribution is -0.144. The SMILES string of the molecule is CSCC[C@H](N)C(=O)O.N[C@@H](CC(=O)O)C(=O)O.N[C@@H](CCC(=O)O)C(=O)O.N[C@@H](CO)C(=O)O. The van der Waals surface area contributed by atoms with Crippen molar-refractivity contribution in [3.63, 3.8) is 0 Å². The van der Waals surface area contributed by atoms with Gasteiger partial charge in [0, 0.05) is 6.42 Å². The molecule has 0 aliphatic rings. The first kappa shape index (κ1) is 39.2. The molecule has 0 aliphatic heterocycles. The minimum absolute atomic E-state index is 0.0231.